The zero-order valence-corrected chi connectivity index (χ0v) is 6.49. The second-order valence-electron chi connectivity index (χ2n) is 1.00. The van der Waals surface area contributed by atoms with Crippen molar-refractivity contribution < 1.29 is 8.22 Å². The maximum absolute atomic E-state index is 6.92. The standard InChI is InChI=1S/3CH3.ClH.Sn/h3*1H3;1H;/q;;;;+1/p-1/i2*1D3;;;. The van der Waals surface area contributed by atoms with Gasteiger partial charge in [-0.25, -0.2) is 0 Å². The molecule has 0 fully saturated rings. The van der Waals surface area contributed by atoms with Gasteiger partial charge in [0, 0.05) is 0 Å². The fourth-order valence-electron chi connectivity index (χ4n) is 0. The molecule has 0 spiro atoms. The third kappa shape index (κ3) is 41.0. The molecule has 5 heavy (non-hydrogen) atoms. The molecule has 0 atom stereocenters. The van der Waals surface area contributed by atoms with Crippen molar-refractivity contribution >= 4 is 26.2 Å². The molecule has 0 aliphatic rings. The van der Waals surface area contributed by atoms with Gasteiger partial charge in [0.25, 0.3) is 0 Å². The Kier molecular flexibility index (Phi) is 0.434. The molecule has 0 aromatic heterocycles. The quantitative estimate of drug-likeness (QED) is 0.531. The molecule has 0 amide bonds. The first-order valence-electron chi connectivity index (χ1n) is 4.19. The van der Waals surface area contributed by atoms with E-state index in [0.717, 1.165) is 0 Å². The molecule has 0 rings (SSSR count). The normalized spacial score (nSPS) is 34.8. The van der Waals surface area contributed by atoms with Gasteiger partial charge in [0.15, 0.2) is 0 Å². The molecule has 0 N–H and O–H groups in total. The molecule has 0 unspecified atom stereocenters. The third-order valence-electron chi connectivity index (χ3n) is 0. The molecule has 0 aliphatic carbocycles. The van der Waals surface area contributed by atoms with E-state index in [2.05, 4.69) is 0 Å². The molecule has 0 saturated carbocycles. The third-order valence-corrected chi connectivity index (χ3v) is 0. The summed E-state index contributed by atoms with van der Waals surface area (Å²) >= 11 is -4.39. The monoisotopic (exact) mass is 206 g/mol. The Hall–Kier alpha value is 1.09. The summed E-state index contributed by atoms with van der Waals surface area (Å²) < 4.78 is 41.5. The number of hydrogen-bond donors (Lipinski definition) is 0. The van der Waals surface area contributed by atoms with Gasteiger partial charge in [0.2, 0.25) is 0 Å². The summed E-state index contributed by atoms with van der Waals surface area (Å²) in [6.07, 6.45) is 0. The van der Waals surface area contributed by atoms with Crippen molar-refractivity contribution in [1.82, 2.24) is 0 Å². The van der Waals surface area contributed by atoms with Crippen LogP contribution in [0.2, 0.25) is 14.7 Å². The van der Waals surface area contributed by atoms with Gasteiger partial charge >= 0.3 is 49.1 Å². The van der Waals surface area contributed by atoms with Gasteiger partial charge in [-0.3, -0.25) is 0 Å². The average Bonchev–Trinajstić information content (AvgIpc) is 1.58. The number of halogens is 1. The summed E-state index contributed by atoms with van der Waals surface area (Å²) in [4.78, 5) is -3.71. The van der Waals surface area contributed by atoms with Gasteiger partial charge in [-0.1, -0.05) is 0 Å². The van der Waals surface area contributed by atoms with Crippen LogP contribution in [0.3, 0.4) is 0 Å². The minimum atomic E-state index is -4.39. The fourth-order valence-corrected chi connectivity index (χ4v) is 0. The van der Waals surface area contributed by atoms with Crippen LogP contribution in [0.4, 0.5) is 0 Å². The van der Waals surface area contributed by atoms with Gasteiger partial charge in [-0.2, -0.15) is 0 Å². The molecule has 0 aliphatic heterocycles. The molecule has 0 aromatic rings. The van der Waals surface area contributed by atoms with Crippen molar-refractivity contribution in [2.75, 3.05) is 0 Å². The molecule has 0 saturated heterocycles. The summed E-state index contributed by atoms with van der Waals surface area (Å²) in [6, 6.07) is 0. The summed E-state index contributed by atoms with van der Waals surface area (Å²) in [6.45, 7) is 0. The Balaban J connectivity index is 4.75. The number of hydrogen-bond acceptors (Lipinski definition) is 0. The van der Waals surface area contributed by atoms with E-state index in [1.165, 1.54) is 4.94 Å². The molecule has 0 bridgehead atoms. The molecule has 0 heterocycles. The van der Waals surface area contributed by atoms with Crippen LogP contribution >= 0.6 is 8.92 Å². The van der Waals surface area contributed by atoms with Crippen LogP contribution in [0.25, 0.3) is 0 Å². The Morgan fingerprint density at radius 3 is 2.20 bits per heavy atom. The first kappa shape index (κ1) is 1.28. The SMILES string of the molecule is [2H][C]([2H])([2H])[Sn]([CH3])([Cl])[C]([2H])([2H])[2H]. The molecular formula is C3H9ClSn. The summed E-state index contributed by atoms with van der Waals surface area (Å²) in [7, 11) is 5.57. The minimum absolute atomic E-state index is 1.20. The summed E-state index contributed by atoms with van der Waals surface area (Å²) in [5.74, 6) is 0. The zero-order chi connectivity index (χ0) is 9.50. The van der Waals surface area contributed by atoms with Crippen LogP contribution < -0.4 is 0 Å². The predicted molar refractivity (Wildman–Crippen MR) is 29.2 cm³/mol. The zero-order valence-electron chi connectivity index (χ0n) is 8.88. The first-order valence-corrected chi connectivity index (χ1v) is 10.5. The summed E-state index contributed by atoms with van der Waals surface area (Å²) in [5, 5.41) is 0. The van der Waals surface area contributed by atoms with E-state index in [1.54, 1.807) is 0 Å². The van der Waals surface area contributed by atoms with Crippen LogP contribution in [-0.4, -0.2) is 17.3 Å². The van der Waals surface area contributed by atoms with Gasteiger partial charge in [0.1, 0.15) is 0 Å². The van der Waals surface area contributed by atoms with Crippen molar-refractivity contribution in [3.8, 4) is 0 Å². The second kappa shape index (κ2) is 1.69. The Bertz CT molecular complexity index is 129. The van der Waals surface area contributed by atoms with Crippen molar-refractivity contribution in [2.24, 2.45) is 0 Å². The van der Waals surface area contributed by atoms with Crippen LogP contribution in [0.5, 0.6) is 0 Å². The van der Waals surface area contributed by atoms with E-state index in [0.29, 0.717) is 0 Å². The van der Waals surface area contributed by atoms with E-state index >= 15 is 0 Å². The van der Waals surface area contributed by atoms with E-state index < -0.39 is 27.0 Å². The van der Waals surface area contributed by atoms with E-state index in [-0.39, 0.29) is 0 Å². The van der Waals surface area contributed by atoms with E-state index in [9.17, 15) is 0 Å². The number of rotatable bonds is 0. The first-order chi connectivity index (χ1) is 4.50. The molecule has 32 valence electrons. The van der Waals surface area contributed by atoms with Crippen molar-refractivity contribution in [3.63, 3.8) is 0 Å². The van der Waals surface area contributed by atoms with E-state index in [1.807, 2.05) is 0 Å². The maximum atomic E-state index is 6.92. The molecular weight excluding hydrogens is 190 g/mol. The van der Waals surface area contributed by atoms with E-state index in [4.69, 9.17) is 17.1 Å². The van der Waals surface area contributed by atoms with Gasteiger partial charge < -0.3 is 0 Å². The molecule has 0 radical (unpaired) electrons. The van der Waals surface area contributed by atoms with Crippen molar-refractivity contribution in [3.05, 3.63) is 0 Å². The van der Waals surface area contributed by atoms with Gasteiger partial charge in [0.05, 0.1) is 0 Å². The van der Waals surface area contributed by atoms with Crippen LogP contribution in [0.1, 0.15) is 8.22 Å². The van der Waals surface area contributed by atoms with Crippen LogP contribution in [0, 0.1) is 0 Å². The topological polar surface area (TPSA) is 0 Å². The predicted octanol–water partition coefficient (Wildman–Crippen LogP) is 2.06. The van der Waals surface area contributed by atoms with Crippen molar-refractivity contribution in [2.45, 2.75) is 14.7 Å². The molecule has 0 nitrogen and oxygen atoms in total. The van der Waals surface area contributed by atoms with Crippen molar-refractivity contribution in [1.29, 1.82) is 0 Å². The van der Waals surface area contributed by atoms with Gasteiger partial charge in [-0.15, -0.1) is 0 Å². The summed E-state index contributed by atoms with van der Waals surface area (Å²) in [5.41, 5.74) is 0. The van der Waals surface area contributed by atoms with Crippen LogP contribution in [-0.2, 0) is 0 Å². The molecule has 0 aromatic carbocycles. The molecule has 2 heteroatoms. The fraction of sp³-hybridized carbons (Fsp3) is 1.00. The second-order valence-corrected chi connectivity index (χ2v) is 11.8. The Morgan fingerprint density at radius 2 is 2.20 bits per heavy atom. The Labute approximate surface area is 49.5 Å². The Morgan fingerprint density at radius 1 is 1.80 bits per heavy atom. The van der Waals surface area contributed by atoms with Crippen LogP contribution in [0.15, 0.2) is 0 Å². The average molecular weight is 205 g/mol. The van der Waals surface area contributed by atoms with Gasteiger partial charge in [-0.05, 0) is 0 Å².